The third kappa shape index (κ3) is 4.24. The van der Waals surface area contributed by atoms with Crippen molar-refractivity contribution in [3.8, 4) is 44.5 Å². The van der Waals surface area contributed by atoms with Gasteiger partial charge in [-0.15, -0.1) is 0 Å². The predicted molar refractivity (Wildman–Crippen MR) is 190 cm³/mol. The largest absolute Gasteiger partial charge is 0.456 e. The minimum absolute atomic E-state index is 0.909. The van der Waals surface area contributed by atoms with Gasteiger partial charge in [0.25, 0.3) is 0 Å². The molecule has 1 nitrogen and oxygen atoms in total. The fraction of sp³-hybridized carbons (Fsp3) is 0. The zero-order valence-electron chi connectivity index (χ0n) is 24.6. The van der Waals surface area contributed by atoms with Crippen LogP contribution in [0.5, 0.6) is 0 Å². The Morgan fingerprint density at radius 2 is 0.711 bits per heavy atom. The molecular formula is C44H28O. The van der Waals surface area contributed by atoms with E-state index in [0.717, 1.165) is 27.5 Å². The van der Waals surface area contributed by atoms with Crippen molar-refractivity contribution in [2.75, 3.05) is 0 Å². The van der Waals surface area contributed by atoms with Crippen molar-refractivity contribution < 1.29 is 4.42 Å². The van der Waals surface area contributed by atoms with E-state index in [4.69, 9.17) is 4.42 Å². The maximum absolute atomic E-state index is 6.36. The van der Waals surface area contributed by atoms with Crippen molar-refractivity contribution in [1.29, 1.82) is 0 Å². The van der Waals surface area contributed by atoms with Crippen LogP contribution in [0.3, 0.4) is 0 Å². The van der Waals surface area contributed by atoms with Crippen LogP contribution in [-0.4, -0.2) is 0 Å². The van der Waals surface area contributed by atoms with Crippen LogP contribution in [0, 0.1) is 0 Å². The van der Waals surface area contributed by atoms with E-state index in [1.807, 2.05) is 12.1 Å². The Bertz CT molecular complexity index is 2520. The number of hydrogen-bond donors (Lipinski definition) is 0. The summed E-state index contributed by atoms with van der Waals surface area (Å²) in [5, 5.41) is 7.22. The summed E-state index contributed by atoms with van der Waals surface area (Å²) in [6, 6.07) is 61.1. The molecule has 0 fully saturated rings. The molecule has 0 aliphatic carbocycles. The molecule has 0 N–H and O–H groups in total. The van der Waals surface area contributed by atoms with Crippen LogP contribution in [-0.2, 0) is 0 Å². The zero-order valence-corrected chi connectivity index (χ0v) is 24.6. The van der Waals surface area contributed by atoms with Gasteiger partial charge in [-0.1, -0.05) is 140 Å². The molecule has 0 amide bonds. The van der Waals surface area contributed by atoms with Crippen molar-refractivity contribution in [2.45, 2.75) is 0 Å². The molecule has 9 rings (SSSR count). The third-order valence-electron chi connectivity index (χ3n) is 9.06. The van der Waals surface area contributed by atoms with Crippen LogP contribution in [0.1, 0.15) is 0 Å². The molecular weight excluding hydrogens is 544 g/mol. The summed E-state index contributed by atoms with van der Waals surface area (Å²) in [6.07, 6.45) is 0. The highest BCUT2D eigenvalue weighted by molar-refractivity contribution is 6.22. The molecule has 1 aromatic heterocycles. The molecule has 0 spiro atoms. The first-order chi connectivity index (χ1) is 22.3. The van der Waals surface area contributed by atoms with E-state index < -0.39 is 0 Å². The lowest BCUT2D eigenvalue weighted by Gasteiger charge is -2.19. The number of hydrogen-bond acceptors (Lipinski definition) is 1. The van der Waals surface area contributed by atoms with Crippen molar-refractivity contribution in [3.63, 3.8) is 0 Å². The van der Waals surface area contributed by atoms with Gasteiger partial charge in [-0.3, -0.25) is 0 Å². The minimum Gasteiger partial charge on any atom is -0.456 e. The van der Waals surface area contributed by atoms with Gasteiger partial charge in [0.2, 0.25) is 0 Å². The molecule has 0 aliphatic heterocycles. The first-order valence-corrected chi connectivity index (χ1v) is 15.4. The van der Waals surface area contributed by atoms with Gasteiger partial charge in [-0.2, -0.15) is 0 Å². The number of benzene rings is 8. The topological polar surface area (TPSA) is 13.1 Å². The molecule has 1 heterocycles. The van der Waals surface area contributed by atoms with Crippen LogP contribution in [0.4, 0.5) is 0 Å². The highest BCUT2D eigenvalue weighted by atomic mass is 16.3. The van der Waals surface area contributed by atoms with E-state index in [0.29, 0.717) is 0 Å². The summed E-state index contributed by atoms with van der Waals surface area (Å²) in [4.78, 5) is 0. The number of fused-ring (bicyclic) bond motifs is 5. The molecule has 0 unspecified atom stereocenters. The van der Waals surface area contributed by atoms with Gasteiger partial charge >= 0.3 is 0 Å². The zero-order chi connectivity index (χ0) is 29.7. The fourth-order valence-electron chi connectivity index (χ4n) is 6.98. The SMILES string of the molecule is c1ccc(-c2cccc(-c3c4ccccc4c(-c4ccc5c(c4)oc4ccccc45)c4ccc(-c5ccccc5)cc34)c2)cc1. The van der Waals surface area contributed by atoms with Gasteiger partial charge in [-0.25, -0.2) is 0 Å². The van der Waals surface area contributed by atoms with Gasteiger partial charge in [0.1, 0.15) is 11.2 Å². The van der Waals surface area contributed by atoms with Gasteiger partial charge in [0.05, 0.1) is 0 Å². The Labute approximate surface area is 261 Å². The molecule has 45 heavy (non-hydrogen) atoms. The third-order valence-corrected chi connectivity index (χ3v) is 9.06. The van der Waals surface area contributed by atoms with Gasteiger partial charge in [-0.05, 0) is 96.4 Å². The van der Waals surface area contributed by atoms with Crippen molar-refractivity contribution >= 4 is 43.5 Å². The van der Waals surface area contributed by atoms with Crippen molar-refractivity contribution in [2.24, 2.45) is 0 Å². The average molecular weight is 573 g/mol. The van der Waals surface area contributed by atoms with Crippen LogP contribution in [0.2, 0.25) is 0 Å². The fourth-order valence-corrected chi connectivity index (χ4v) is 6.98. The summed E-state index contributed by atoms with van der Waals surface area (Å²) in [7, 11) is 0. The molecule has 0 bridgehead atoms. The first-order valence-electron chi connectivity index (χ1n) is 15.4. The maximum Gasteiger partial charge on any atom is 0.136 e. The van der Waals surface area contributed by atoms with Crippen LogP contribution in [0.25, 0.3) is 88.0 Å². The lowest BCUT2D eigenvalue weighted by atomic mass is 9.84. The number of para-hydroxylation sites is 1. The normalized spacial score (nSPS) is 11.6. The van der Waals surface area contributed by atoms with Crippen LogP contribution >= 0.6 is 0 Å². The number of rotatable bonds is 4. The number of furan rings is 1. The summed E-state index contributed by atoms with van der Waals surface area (Å²) in [5.74, 6) is 0. The van der Waals surface area contributed by atoms with Gasteiger partial charge < -0.3 is 4.42 Å². The Hall–Kier alpha value is -5.92. The van der Waals surface area contributed by atoms with Crippen molar-refractivity contribution in [1.82, 2.24) is 0 Å². The molecule has 0 aliphatic rings. The summed E-state index contributed by atoms with van der Waals surface area (Å²) in [6.45, 7) is 0. The quantitative estimate of drug-likeness (QED) is 0.191. The summed E-state index contributed by atoms with van der Waals surface area (Å²) < 4.78 is 6.36. The Kier molecular flexibility index (Phi) is 5.89. The lowest BCUT2D eigenvalue weighted by Crippen LogP contribution is -1.92. The molecule has 0 radical (unpaired) electrons. The lowest BCUT2D eigenvalue weighted by molar-refractivity contribution is 0.669. The van der Waals surface area contributed by atoms with Gasteiger partial charge in [0.15, 0.2) is 0 Å². The van der Waals surface area contributed by atoms with E-state index in [-0.39, 0.29) is 0 Å². The van der Waals surface area contributed by atoms with Crippen LogP contribution < -0.4 is 0 Å². The Morgan fingerprint density at radius 1 is 0.244 bits per heavy atom. The molecule has 1 heteroatoms. The van der Waals surface area contributed by atoms with E-state index in [9.17, 15) is 0 Å². The van der Waals surface area contributed by atoms with E-state index in [1.165, 1.54) is 60.5 Å². The highest BCUT2D eigenvalue weighted by Crippen LogP contribution is 2.46. The molecule has 9 aromatic rings. The summed E-state index contributed by atoms with van der Waals surface area (Å²) >= 11 is 0. The molecule has 210 valence electrons. The standard InChI is InChI=1S/C44H28O/c1-3-12-29(13-4-1)31-16-11-17-33(26-31)44-38-20-8-7-19-37(38)43(39-25-22-32(27-40(39)44)30-14-5-2-6-15-30)34-23-24-36-35-18-9-10-21-41(35)45-42(36)28-34/h1-28H. The molecule has 0 saturated heterocycles. The summed E-state index contributed by atoms with van der Waals surface area (Å²) in [5.41, 5.74) is 11.5. The maximum atomic E-state index is 6.36. The predicted octanol–water partition coefficient (Wildman–Crippen LogP) is 12.6. The molecule has 0 saturated carbocycles. The second kappa shape index (κ2) is 10.4. The van der Waals surface area contributed by atoms with Gasteiger partial charge in [0, 0.05) is 10.8 Å². The first kappa shape index (κ1) is 25.6. The van der Waals surface area contributed by atoms with E-state index in [2.05, 4.69) is 158 Å². The molecule has 8 aromatic carbocycles. The highest BCUT2D eigenvalue weighted by Gasteiger charge is 2.19. The monoisotopic (exact) mass is 572 g/mol. The Balaban J connectivity index is 1.37. The van der Waals surface area contributed by atoms with E-state index in [1.54, 1.807) is 0 Å². The molecule has 0 atom stereocenters. The van der Waals surface area contributed by atoms with Crippen molar-refractivity contribution in [3.05, 3.63) is 170 Å². The second-order valence-corrected chi connectivity index (χ2v) is 11.7. The second-order valence-electron chi connectivity index (χ2n) is 11.7. The smallest absolute Gasteiger partial charge is 0.136 e. The average Bonchev–Trinajstić information content (AvgIpc) is 3.49. The van der Waals surface area contributed by atoms with Crippen LogP contribution in [0.15, 0.2) is 174 Å². The minimum atomic E-state index is 0.909. The van der Waals surface area contributed by atoms with E-state index >= 15 is 0 Å². The Morgan fingerprint density at radius 3 is 1.44 bits per heavy atom.